The first-order chi connectivity index (χ1) is 10.1. The lowest BCUT2D eigenvalue weighted by molar-refractivity contribution is 0.0690. The topological polar surface area (TPSA) is 9.23 Å². The van der Waals surface area contributed by atoms with Crippen molar-refractivity contribution in [2.45, 2.75) is 104 Å². The summed E-state index contributed by atoms with van der Waals surface area (Å²) in [6.07, 6.45) is 5.28. The monoisotopic (exact) mass is 352 g/mol. The highest BCUT2D eigenvalue weighted by molar-refractivity contribution is 6.83. The fourth-order valence-corrected chi connectivity index (χ4v) is 4.44. The Bertz CT molecular complexity index is 463. The third-order valence-corrected chi connectivity index (χ3v) is 10.0. The molecule has 1 atom stereocenters. The fourth-order valence-electron chi connectivity index (χ4n) is 2.11. The van der Waals surface area contributed by atoms with Crippen molar-refractivity contribution in [3.05, 3.63) is 11.6 Å². The molecule has 0 aromatic heterocycles. The molecule has 0 heterocycles. The van der Waals surface area contributed by atoms with Crippen LogP contribution in [0, 0.1) is 11.5 Å². The number of allylic oxidation sites excluding steroid dienone is 2. The van der Waals surface area contributed by atoms with E-state index in [9.17, 15) is 0 Å². The zero-order valence-electron chi connectivity index (χ0n) is 17.6. The molecular formula is C20H40OSi2. The van der Waals surface area contributed by atoms with Gasteiger partial charge >= 0.3 is 0 Å². The van der Waals surface area contributed by atoms with Crippen LogP contribution in [0.3, 0.4) is 0 Å². The fraction of sp³-hybridized carbons (Fsp3) is 0.800. The predicted molar refractivity (Wildman–Crippen MR) is 111 cm³/mol. The van der Waals surface area contributed by atoms with Crippen LogP contribution >= 0.6 is 0 Å². The minimum atomic E-state index is -1.79. The summed E-state index contributed by atoms with van der Waals surface area (Å²) in [5.41, 5.74) is 4.76. The molecule has 0 aromatic carbocycles. The Labute approximate surface area is 148 Å². The molecule has 0 saturated heterocycles. The van der Waals surface area contributed by atoms with E-state index in [4.69, 9.17) is 4.43 Å². The first-order valence-corrected chi connectivity index (χ1v) is 15.3. The third-order valence-electron chi connectivity index (χ3n) is 4.46. The zero-order chi connectivity index (χ0) is 18.5. The Morgan fingerprint density at radius 3 is 1.91 bits per heavy atom. The van der Waals surface area contributed by atoms with Gasteiger partial charge in [0.25, 0.3) is 0 Å². The average Bonchev–Trinajstić information content (AvgIpc) is 2.23. The number of hydrogen-bond donors (Lipinski definition) is 0. The number of rotatable bonds is 6. The lowest BCUT2D eigenvalue weighted by atomic mass is 9.96. The van der Waals surface area contributed by atoms with Gasteiger partial charge in [0.05, 0.1) is 5.60 Å². The smallest absolute Gasteiger partial charge is 0.192 e. The maximum absolute atomic E-state index is 6.81. The van der Waals surface area contributed by atoms with Crippen LogP contribution in [0.4, 0.5) is 0 Å². The van der Waals surface area contributed by atoms with E-state index >= 15 is 0 Å². The Hall–Kier alpha value is -0.306. The van der Waals surface area contributed by atoms with Crippen molar-refractivity contribution in [1.82, 2.24) is 0 Å². The Morgan fingerprint density at radius 2 is 1.52 bits per heavy atom. The summed E-state index contributed by atoms with van der Waals surface area (Å²) in [5.74, 6) is 3.47. The van der Waals surface area contributed by atoms with Crippen LogP contribution in [0.1, 0.15) is 60.8 Å². The molecule has 0 aromatic rings. The minimum absolute atomic E-state index is 0.137. The summed E-state index contributed by atoms with van der Waals surface area (Å²) in [5, 5.41) is 0.233. The highest BCUT2D eigenvalue weighted by Gasteiger charge is 2.42. The van der Waals surface area contributed by atoms with Crippen molar-refractivity contribution in [2.75, 3.05) is 0 Å². The molecule has 0 amide bonds. The van der Waals surface area contributed by atoms with Crippen LogP contribution in [0.2, 0.25) is 37.8 Å². The van der Waals surface area contributed by atoms with Crippen LogP contribution in [0.15, 0.2) is 11.6 Å². The molecule has 0 N–H and O–H groups in total. The van der Waals surface area contributed by atoms with Crippen LogP contribution < -0.4 is 0 Å². The second-order valence-corrected chi connectivity index (χ2v) is 19.3. The van der Waals surface area contributed by atoms with Gasteiger partial charge in [-0.25, -0.2) is 0 Å². The van der Waals surface area contributed by atoms with E-state index in [2.05, 4.69) is 91.8 Å². The third kappa shape index (κ3) is 9.54. The molecular weight excluding hydrogens is 312 g/mol. The average molecular weight is 353 g/mol. The second kappa shape index (κ2) is 8.18. The van der Waals surface area contributed by atoms with Crippen molar-refractivity contribution in [2.24, 2.45) is 0 Å². The SMILES string of the molecule is CC(C)=CCC[C@@](C)(CC#C[Si](C)(C)C)O[Si](C)(C)C(C)(C)C. The maximum Gasteiger partial charge on any atom is 0.192 e. The largest absolute Gasteiger partial charge is 0.411 e. The molecule has 0 rings (SSSR count). The van der Waals surface area contributed by atoms with Crippen LogP contribution in [-0.4, -0.2) is 22.0 Å². The summed E-state index contributed by atoms with van der Waals surface area (Å²) in [6.45, 7) is 25.1. The van der Waals surface area contributed by atoms with E-state index in [1.54, 1.807) is 0 Å². The molecule has 0 aliphatic carbocycles. The molecule has 0 fully saturated rings. The highest BCUT2D eigenvalue weighted by Crippen LogP contribution is 2.41. The predicted octanol–water partition coefficient (Wildman–Crippen LogP) is 6.78. The molecule has 23 heavy (non-hydrogen) atoms. The highest BCUT2D eigenvalue weighted by atomic mass is 28.4. The molecule has 0 aliphatic rings. The van der Waals surface area contributed by atoms with Crippen molar-refractivity contribution in [3.63, 3.8) is 0 Å². The van der Waals surface area contributed by atoms with Crippen molar-refractivity contribution in [3.8, 4) is 11.5 Å². The lowest BCUT2D eigenvalue weighted by Gasteiger charge is -2.44. The summed E-state index contributed by atoms with van der Waals surface area (Å²) in [7, 11) is -3.11. The summed E-state index contributed by atoms with van der Waals surface area (Å²) < 4.78 is 6.81. The number of hydrogen-bond acceptors (Lipinski definition) is 1. The molecule has 134 valence electrons. The van der Waals surface area contributed by atoms with Gasteiger partial charge in [-0.1, -0.05) is 52.1 Å². The Morgan fingerprint density at radius 1 is 1.00 bits per heavy atom. The van der Waals surface area contributed by atoms with Crippen LogP contribution in [-0.2, 0) is 4.43 Å². The molecule has 3 heteroatoms. The Kier molecular flexibility index (Phi) is 8.07. The first kappa shape index (κ1) is 22.7. The van der Waals surface area contributed by atoms with Gasteiger partial charge < -0.3 is 4.43 Å². The van der Waals surface area contributed by atoms with E-state index in [0.29, 0.717) is 0 Å². The minimum Gasteiger partial charge on any atom is -0.411 e. The van der Waals surface area contributed by atoms with Gasteiger partial charge in [-0.05, 0) is 51.7 Å². The summed E-state index contributed by atoms with van der Waals surface area (Å²) >= 11 is 0. The quantitative estimate of drug-likeness (QED) is 0.291. The van der Waals surface area contributed by atoms with E-state index in [0.717, 1.165) is 19.3 Å². The standard InChI is InChI=1S/C20H40OSi2/c1-18(2)14-12-15-20(6,16-13-17-22(7,8)9)21-23(10,11)19(3,4)5/h14H,12,15-16H2,1-11H3/t20-/m0/s1. The molecule has 0 radical (unpaired) electrons. The van der Waals surface area contributed by atoms with Gasteiger partial charge in [-0.15, -0.1) is 11.5 Å². The molecule has 0 saturated carbocycles. The van der Waals surface area contributed by atoms with Gasteiger partial charge in [-0.2, -0.15) is 0 Å². The normalized spacial score (nSPS) is 15.4. The van der Waals surface area contributed by atoms with E-state index < -0.39 is 16.4 Å². The molecule has 0 aliphatic heterocycles. The summed E-state index contributed by atoms with van der Waals surface area (Å²) in [6, 6.07) is 0. The van der Waals surface area contributed by atoms with E-state index in [1.165, 1.54) is 5.57 Å². The first-order valence-electron chi connectivity index (χ1n) is 8.92. The van der Waals surface area contributed by atoms with Gasteiger partial charge in [0.2, 0.25) is 0 Å². The molecule has 0 bridgehead atoms. The van der Waals surface area contributed by atoms with E-state index in [1.807, 2.05) is 0 Å². The van der Waals surface area contributed by atoms with Crippen molar-refractivity contribution >= 4 is 16.4 Å². The summed E-state index contributed by atoms with van der Waals surface area (Å²) in [4.78, 5) is 0. The molecule has 0 spiro atoms. The maximum atomic E-state index is 6.81. The molecule has 1 nitrogen and oxygen atoms in total. The van der Waals surface area contributed by atoms with Gasteiger partial charge in [0.1, 0.15) is 8.07 Å². The Balaban J connectivity index is 5.27. The second-order valence-electron chi connectivity index (χ2n) is 9.86. The van der Waals surface area contributed by atoms with E-state index in [-0.39, 0.29) is 10.6 Å². The van der Waals surface area contributed by atoms with Crippen LogP contribution in [0.5, 0.6) is 0 Å². The zero-order valence-corrected chi connectivity index (χ0v) is 19.6. The van der Waals surface area contributed by atoms with Crippen molar-refractivity contribution < 1.29 is 4.43 Å². The van der Waals surface area contributed by atoms with Gasteiger partial charge in [-0.3, -0.25) is 0 Å². The van der Waals surface area contributed by atoms with Crippen LogP contribution in [0.25, 0.3) is 0 Å². The molecule has 0 unspecified atom stereocenters. The van der Waals surface area contributed by atoms with Crippen molar-refractivity contribution in [1.29, 1.82) is 0 Å². The van der Waals surface area contributed by atoms with Gasteiger partial charge in [0, 0.05) is 6.42 Å². The van der Waals surface area contributed by atoms with Gasteiger partial charge in [0.15, 0.2) is 8.32 Å². The lowest BCUT2D eigenvalue weighted by Crippen LogP contribution is -2.48.